The standard InChI is InChI=1S/C21H14N4O4.C3H8.C2H6/c1-24-13-5-3-8(26)6-11(13)15-17-16(20(28)25(22)21(17)29)14-10-4-2-9(27)7-12(10)23-18(14)19(15)24;1-3-2;1-2/h2-7,23,26-27H,22H2,1H3;3H2,1-2H3;1-2H3. The Morgan fingerprint density at radius 2 is 1.44 bits per heavy atom. The van der Waals surface area contributed by atoms with Crippen molar-refractivity contribution < 1.29 is 19.8 Å². The number of rotatable bonds is 0. The number of aromatic amines is 1. The normalized spacial score (nSPS) is 12.8. The molecule has 0 unspecified atom stereocenters. The molecule has 3 aromatic carbocycles. The number of carbonyl (C=O) groups excluding carboxylic acids is 2. The fourth-order valence-corrected chi connectivity index (χ4v) is 4.61. The molecule has 5 aromatic rings. The molecule has 6 rings (SSSR count). The fraction of sp³-hybridized carbons (Fsp3) is 0.231. The Kier molecular flexibility index (Phi) is 5.70. The summed E-state index contributed by atoms with van der Waals surface area (Å²) in [6.07, 6.45) is 1.25. The number of aromatic nitrogens is 2. The first kappa shape index (κ1) is 23.1. The maximum atomic E-state index is 13.0. The lowest BCUT2D eigenvalue weighted by atomic mass is 9.96. The monoisotopic (exact) mass is 460 g/mol. The fourth-order valence-electron chi connectivity index (χ4n) is 4.61. The van der Waals surface area contributed by atoms with Gasteiger partial charge in [-0.15, -0.1) is 0 Å². The Morgan fingerprint density at radius 1 is 0.882 bits per heavy atom. The Hall–Kier alpha value is -4.04. The van der Waals surface area contributed by atoms with Crippen LogP contribution in [0, 0.1) is 0 Å². The molecular formula is C26H28N4O4. The lowest BCUT2D eigenvalue weighted by Crippen LogP contribution is -2.36. The summed E-state index contributed by atoms with van der Waals surface area (Å²) in [5, 5.41) is 23.1. The van der Waals surface area contributed by atoms with Crippen LogP contribution in [0.2, 0.25) is 0 Å². The Balaban J connectivity index is 0.000000510. The molecule has 8 heteroatoms. The Labute approximate surface area is 196 Å². The summed E-state index contributed by atoms with van der Waals surface area (Å²) in [6, 6.07) is 9.73. The maximum Gasteiger partial charge on any atom is 0.276 e. The highest BCUT2D eigenvalue weighted by Crippen LogP contribution is 2.45. The summed E-state index contributed by atoms with van der Waals surface area (Å²) in [5.74, 6) is 4.78. The van der Waals surface area contributed by atoms with Crippen LogP contribution in [0.5, 0.6) is 11.5 Å². The Bertz CT molecular complexity index is 1610. The highest BCUT2D eigenvalue weighted by atomic mass is 16.3. The van der Waals surface area contributed by atoms with Gasteiger partial charge in [-0.3, -0.25) is 9.59 Å². The molecule has 0 bridgehead atoms. The first-order valence-electron chi connectivity index (χ1n) is 11.3. The van der Waals surface area contributed by atoms with Gasteiger partial charge in [0.1, 0.15) is 11.5 Å². The summed E-state index contributed by atoms with van der Waals surface area (Å²) in [6.45, 7) is 8.25. The van der Waals surface area contributed by atoms with Crippen LogP contribution in [0.15, 0.2) is 36.4 Å². The predicted molar refractivity (Wildman–Crippen MR) is 135 cm³/mol. The molecule has 5 N–H and O–H groups in total. The van der Waals surface area contributed by atoms with E-state index in [4.69, 9.17) is 5.84 Å². The van der Waals surface area contributed by atoms with Crippen molar-refractivity contribution in [2.24, 2.45) is 12.9 Å². The number of carbonyl (C=O) groups is 2. The number of aryl methyl sites for hydroxylation is 1. The molecular weight excluding hydrogens is 432 g/mol. The van der Waals surface area contributed by atoms with Crippen LogP contribution in [0.4, 0.5) is 0 Å². The van der Waals surface area contributed by atoms with Crippen molar-refractivity contribution in [1.82, 2.24) is 14.6 Å². The second-order valence-electron chi connectivity index (χ2n) is 8.03. The average Bonchev–Trinajstić information content (AvgIpc) is 3.40. The summed E-state index contributed by atoms with van der Waals surface area (Å²) < 4.78 is 1.92. The van der Waals surface area contributed by atoms with Crippen molar-refractivity contribution >= 4 is 55.4 Å². The maximum absolute atomic E-state index is 13.0. The zero-order valence-electron chi connectivity index (χ0n) is 19.9. The third-order valence-corrected chi connectivity index (χ3v) is 5.82. The minimum Gasteiger partial charge on any atom is -0.508 e. The number of imide groups is 1. The van der Waals surface area contributed by atoms with Crippen LogP contribution in [-0.2, 0) is 7.05 Å². The molecule has 2 aromatic heterocycles. The van der Waals surface area contributed by atoms with Gasteiger partial charge in [0.05, 0.1) is 27.7 Å². The van der Waals surface area contributed by atoms with Crippen LogP contribution >= 0.6 is 0 Å². The van der Waals surface area contributed by atoms with Gasteiger partial charge in [0.15, 0.2) is 0 Å². The van der Waals surface area contributed by atoms with E-state index in [1.54, 1.807) is 30.3 Å². The molecule has 0 radical (unpaired) electrons. The first-order valence-corrected chi connectivity index (χ1v) is 11.3. The van der Waals surface area contributed by atoms with Gasteiger partial charge in [0.2, 0.25) is 0 Å². The summed E-state index contributed by atoms with van der Waals surface area (Å²) in [5.41, 5.74) is 3.27. The zero-order valence-corrected chi connectivity index (χ0v) is 19.9. The number of hydrazine groups is 1. The number of benzene rings is 3. The number of nitrogens with zero attached hydrogens (tertiary/aromatic N) is 2. The van der Waals surface area contributed by atoms with E-state index < -0.39 is 11.8 Å². The second-order valence-corrected chi connectivity index (χ2v) is 8.03. The lowest BCUT2D eigenvalue weighted by Gasteiger charge is -2.04. The second kappa shape index (κ2) is 8.39. The van der Waals surface area contributed by atoms with Crippen LogP contribution in [-0.4, -0.2) is 36.6 Å². The SMILES string of the molecule is CC.CCC.Cn1c2ccc(O)cc2c2c3c(c4c5ccc(O)cc5[nH]c4c21)C(=O)N(N)C3=O. The molecule has 0 saturated carbocycles. The smallest absolute Gasteiger partial charge is 0.276 e. The molecule has 0 aliphatic carbocycles. The number of fused-ring (bicyclic) bond motifs is 10. The highest BCUT2D eigenvalue weighted by molar-refractivity contribution is 6.39. The molecule has 1 aliphatic heterocycles. The van der Waals surface area contributed by atoms with E-state index in [1.807, 2.05) is 25.5 Å². The summed E-state index contributed by atoms with van der Waals surface area (Å²) in [7, 11) is 1.86. The van der Waals surface area contributed by atoms with Crippen molar-refractivity contribution in [3.05, 3.63) is 47.5 Å². The quantitative estimate of drug-likeness (QED) is 0.142. The van der Waals surface area contributed by atoms with Gasteiger partial charge in [0.25, 0.3) is 11.8 Å². The number of phenols is 2. The van der Waals surface area contributed by atoms with Gasteiger partial charge in [-0.2, -0.15) is 0 Å². The van der Waals surface area contributed by atoms with Crippen LogP contribution in [0.25, 0.3) is 43.6 Å². The number of phenolic OH excluding ortho intramolecular Hbond substituents is 2. The van der Waals surface area contributed by atoms with Gasteiger partial charge in [-0.25, -0.2) is 10.9 Å². The van der Waals surface area contributed by atoms with Gasteiger partial charge >= 0.3 is 0 Å². The van der Waals surface area contributed by atoms with E-state index in [1.165, 1.54) is 12.5 Å². The van der Waals surface area contributed by atoms with Crippen molar-refractivity contribution in [2.75, 3.05) is 0 Å². The van der Waals surface area contributed by atoms with Gasteiger partial charge in [-0.05, 0) is 30.3 Å². The molecule has 34 heavy (non-hydrogen) atoms. The minimum absolute atomic E-state index is 0.0572. The average molecular weight is 461 g/mol. The first-order chi connectivity index (χ1) is 16.3. The predicted octanol–water partition coefficient (Wildman–Crippen LogP) is 5.29. The van der Waals surface area contributed by atoms with E-state index in [-0.39, 0.29) is 22.6 Å². The summed E-state index contributed by atoms with van der Waals surface area (Å²) >= 11 is 0. The number of amides is 2. The molecule has 176 valence electrons. The number of aromatic hydroxyl groups is 2. The number of hydrogen-bond acceptors (Lipinski definition) is 5. The molecule has 3 heterocycles. The van der Waals surface area contributed by atoms with Gasteiger partial charge in [-0.1, -0.05) is 34.1 Å². The number of nitrogens with one attached hydrogen (secondary N) is 1. The number of hydrogen-bond donors (Lipinski definition) is 4. The lowest BCUT2D eigenvalue weighted by molar-refractivity contribution is 0.0655. The molecule has 1 aliphatic rings. The van der Waals surface area contributed by atoms with Crippen molar-refractivity contribution in [3.8, 4) is 11.5 Å². The van der Waals surface area contributed by atoms with Gasteiger partial charge in [0, 0.05) is 40.2 Å². The summed E-state index contributed by atoms with van der Waals surface area (Å²) in [4.78, 5) is 29.2. The van der Waals surface area contributed by atoms with E-state index >= 15 is 0 Å². The van der Waals surface area contributed by atoms with Gasteiger partial charge < -0.3 is 19.8 Å². The number of H-pyrrole nitrogens is 1. The third-order valence-electron chi connectivity index (χ3n) is 5.82. The van der Waals surface area contributed by atoms with E-state index in [2.05, 4.69) is 18.8 Å². The molecule has 8 nitrogen and oxygen atoms in total. The highest BCUT2D eigenvalue weighted by Gasteiger charge is 2.40. The largest absolute Gasteiger partial charge is 0.508 e. The minimum atomic E-state index is -0.583. The molecule has 0 atom stereocenters. The van der Waals surface area contributed by atoms with Crippen molar-refractivity contribution in [3.63, 3.8) is 0 Å². The van der Waals surface area contributed by atoms with E-state index in [9.17, 15) is 19.8 Å². The molecule has 2 amide bonds. The van der Waals surface area contributed by atoms with Crippen molar-refractivity contribution in [1.29, 1.82) is 0 Å². The van der Waals surface area contributed by atoms with E-state index in [0.29, 0.717) is 43.1 Å². The van der Waals surface area contributed by atoms with Crippen molar-refractivity contribution in [2.45, 2.75) is 34.1 Å². The molecule has 0 saturated heterocycles. The van der Waals surface area contributed by atoms with Crippen LogP contribution in [0.3, 0.4) is 0 Å². The van der Waals surface area contributed by atoms with Crippen LogP contribution in [0.1, 0.15) is 54.8 Å². The number of nitrogens with two attached hydrogens (primary N) is 1. The molecule has 0 fully saturated rings. The topological polar surface area (TPSA) is 125 Å². The van der Waals surface area contributed by atoms with E-state index in [0.717, 1.165) is 5.52 Å². The zero-order chi connectivity index (χ0) is 24.9. The Morgan fingerprint density at radius 3 is 2.09 bits per heavy atom. The van der Waals surface area contributed by atoms with Crippen LogP contribution < -0.4 is 5.84 Å². The third kappa shape index (κ3) is 3.03. The molecule has 0 spiro atoms.